The lowest BCUT2D eigenvalue weighted by molar-refractivity contribution is 0.235. The smallest absolute Gasteiger partial charge is 0.192 e. The van der Waals surface area contributed by atoms with Crippen LogP contribution in [-0.4, -0.2) is 29.1 Å². The number of benzene rings is 1. The SMILES string of the molecule is CCN1C(N)=NCC1(C)c1ccc(O)cc1. The van der Waals surface area contributed by atoms with E-state index in [4.69, 9.17) is 5.73 Å². The second-order valence-electron chi connectivity index (χ2n) is 4.24. The molecule has 2 rings (SSSR count). The lowest BCUT2D eigenvalue weighted by atomic mass is 9.91. The highest BCUT2D eigenvalue weighted by Gasteiger charge is 2.38. The molecule has 4 heteroatoms. The second-order valence-corrected chi connectivity index (χ2v) is 4.24. The molecule has 1 aliphatic rings. The normalized spacial score (nSPS) is 24.6. The number of aromatic hydroxyl groups is 1. The Morgan fingerprint density at radius 2 is 2.06 bits per heavy atom. The van der Waals surface area contributed by atoms with Gasteiger partial charge >= 0.3 is 0 Å². The number of guanidine groups is 1. The molecule has 0 saturated heterocycles. The number of hydrogen-bond acceptors (Lipinski definition) is 4. The quantitative estimate of drug-likeness (QED) is 0.787. The number of hydrogen-bond donors (Lipinski definition) is 2. The van der Waals surface area contributed by atoms with Gasteiger partial charge in [0.05, 0.1) is 12.1 Å². The lowest BCUT2D eigenvalue weighted by Gasteiger charge is -2.35. The molecule has 1 atom stereocenters. The zero-order valence-electron chi connectivity index (χ0n) is 9.64. The Morgan fingerprint density at radius 3 is 2.62 bits per heavy atom. The van der Waals surface area contributed by atoms with E-state index in [1.54, 1.807) is 12.1 Å². The molecular formula is C12H17N3O. The van der Waals surface area contributed by atoms with Crippen LogP contribution in [0.1, 0.15) is 19.4 Å². The van der Waals surface area contributed by atoms with Crippen molar-refractivity contribution in [1.29, 1.82) is 0 Å². The van der Waals surface area contributed by atoms with Gasteiger partial charge in [0.1, 0.15) is 5.75 Å². The van der Waals surface area contributed by atoms with E-state index in [2.05, 4.69) is 23.7 Å². The third-order valence-electron chi connectivity index (χ3n) is 3.23. The molecule has 1 aromatic rings. The Labute approximate surface area is 95.4 Å². The van der Waals surface area contributed by atoms with Crippen molar-refractivity contribution in [2.45, 2.75) is 19.4 Å². The Balaban J connectivity index is 2.36. The van der Waals surface area contributed by atoms with Gasteiger partial charge in [-0.3, -0.25) is 4.99 Å². The average Bonchev–Trinajstić information content (AvgIpc) is 2.56. The Kier molecular flexibility index (Phi) is 2.50. The number of likely N-dealkylation sites (N-methyl/N-ethyl adjacent to an activating group) is 1. The van der Waals surface area contributed by atoms with Gasteiger partial charge in [-0.05, 0) is 31.5 Å². The van der Waals surface area contributed by atoms with E-state index < -0.39 is 0 Å². The molecule has 0 saturated carbocycles. The summed E-state index contributed by atoms with van der Waals surface area (Å²) in [7, 11) is 0. The lowest BCUT2D eigenvalue weighted by Crippen LogP contribution is -2.47. The first-order valence-electron chi connectivity index (χ1n) is 5.45. The maximum atomic E-state index is 9.29. The first kappa shape index (κ1) is 10.8. The number of nitrogens with zero attached hydrogens (tertiary/aromatic N) is 2. The summed E-state index contributed by atoms with van der Waals surface area (Å²) in [5, 5.41) is 9.29. The van der Waals surface area contributed by atoms with E-state index >= 15 is 0 Å². The van der Waals surface area contributed by atoms with Gasteiger partial charge in [-0.2, -0.15) is 0 Å². The molecule has 86 valence electrons. The molecule has 16 heavy (non-hydrogen) atoms. The molecule has 1 heterocycles. The van der Waals surface area contributed by atoms with Crippen LogP contribution in [0.3, 0.4) is 0 Å². The van der Waals surface area contributed by atoms with Gasteiger partial charge < -0.3 is 15.7 Å². The Morgan fingerprint density at radius 1 is 1.44 bits per heavy atom. The van der Waals surface area contributed by atoms with Crippen LogP contribution < -0.4 is 5.73 Å². The van der Waals surface area contributed by atoms with Crippen LogP contribution in [0.2, 0.25) is 0 Å². The van der Waals surface area contributed by atoms with Gasteiger partial charge in [0.2, 0.25) is 0 Å². The van der Waals surface area contributed by atoms with E-state index in [9.17, 15) is 5.11 Å². The minimum Gasteiger partial charge on any atom is -0.508 e. The fourth-order valence-corrected chi connectivity index (χ4v) is 2.24. The van der Waals surface area contributed by atoms with Gasteiger partial charge in [-0.1, -0.05) is 12.1 Å². The van der Waals surface area contributed by atoms with Crippen LogP contribution >= 0.6 is 0 Å². The molecule has 1 unspecified atom stereocenters. The first-order valence-corrected chi connectivity index (χ1v) is 5.45. The van der Waals surface area contributed by atoms with Crippen molar-refractivity contribution < 1.29 is 5.11 Å². The Hall–Kier alpha value is -1.71. The van der Waals surface area contributed by atoms with Gasteiger partial charge in [-0.25, -0.2) is 0 Å². The highest BCUT2D eigenvalue weighted by molar-refractivity contribution is 5.81. The minimum atomic E-state index is -0.188. The molecule has 0 amide bonds. The molecule has 0 aliphatic carbocycles. The topological polar surface area (TPSA) is 61.8 Å². The largest absolute Gasteiger partial charge is 0.508 e. The highest BCUT2D eigenvalue weighted by atomic mass is 16.3. The van der Waals surface area contributed by atoms with Gasteiger partial charge in [0.15, 0.2) is 5.96 Å². The second kappa shape index (κ2) is 3.70. The zero-order chi connectivity index (χ0) is 11.8. The molecule has 0 radical (unpaired) electrons. The average molecular weight is 219 g/mol. The Bertz CT molecular complexity index is 413. The number of rotatable bonds is 2. The highest BCUT2D eigenvalue weighted by Crippen LogP contribution is 2.32. The number of phenols is 1. The molecule has 0 bridgehead atoms. The van der Waals surface area contributed by atoms with Crippen LogP contribution in [0.5, 0.6) is 5.75 Å². The minimum absolute atomic E-state index is 0.188. The van der Waals surface area contributed by atoms with Gasteiger partial charge in [0, 0.05) is 6.54 Å². The first-order chi connectivity index (χ1) is 7.58. The van der Waals surface area contributed by atoms with Crippen LogP contribution in [0.25, 0.3) is 0 Å². The van der Waals surface area contributed by atoms with Crippen molar-refractivity contribution >= 4 is 5.96 Å². The van der Waals surface area contributed by atoms with E-state index in [-0.39, 0.29) is 11.3 Å². The van der Waals surface area contributed by atoms with Crippen LogP contribution in [-0.2, 0) is 5.54 Å². The third-order valence-corrected chi connectivity index (χ3v) is 3.23. The summed E-state index contributed by atoms with van der Waals surface area (Å²) in [5.74, 6) is 0.875. The molecular weight excluding hydrogens is 202 g/mol. The molecule has 0 spiro atoms. The zero-order valence-corrected chi connectivity index (χ0v) is 9.64. The number of aliphatic imine (C=N–C) groups is 1. The van der Waals surface area contributed by atoms with Crippen LogP contribution in [0.4, 0.5) is 0 Å². The summed E-state index contributed by atoms with van der Waals surface area (Å²) >= 11 is 0. The van der Waals surface area contributed by atoms with Gasteiger partial charge in [0.25, 0.3) is 0 Å². The summed E-state index contributed by atoms with van der Waals surface area (Å²) in [5.41, 5.74) is 6.79. The summed E-state index contributed by atoms with van der Waals surface area (Å²) < 4.78 is 0. The van der Waals surface area contributed by atoms with Crippen molar-refractivity contribution in [3.63, 3.8) is 0 Å². The maximum Gasteiger partial charge on any atom is 0.192 e. The summed E-state index contributed by atoms with van der Waals surface area (Å²) in [6, 6.07) is 7.24. The monoisotopic (exact) mass is 219 g/mol. The van der Waals surface area contributed by atoms with Crippen molar-refractivity contribution in [1.82, 2.24) is 4.90 Å². The molecule has 4 nitrogen and oxygen atoms in total. The molecule has 0 fully saturated rings. The van der Waals surface area contributed by atoms with Crippen molar-refractivity contribution in [3.8, 4) is 5.75 Å². The predicted molar refractivity (Wildman–Crippen MR) is 64.3 cm³/mol. The molecule has 0 aromatic heterocycles. The number of nitrogens with two attached hydrogens (primary N) is 1. The molecule has 3 N–H and O–H groups in total. The van der Waals surface area contributed by atoms with Crippen molar-refractivity contribution in [2.24, 2.45) is 10.7 Å². The van der Waals surface area contributed by atoms with Gasteiger partial charge in [-0.15, -0.1) is 0 Å². The van der Waals surface area contributed by atoms with Crippen molar-refractivity contribution in [3.05, 3.63) is 29.8 Å². The van der Waals surface area contributed by atoms with Crippen molar-refractivity contribution in [2.75, 3.05) is 13.1 Å². The number of phenolic OH excluding ortho intramolecular Hbond substituents is 1. The summed E-state index contributed by atoms with van der Waals surface area (Å²) in [6.07, 6.45) is 0. The summed E-state index contributed by atoms with van der Waals surface area (Å²) in [4.78, 5) is 6.38. The van der Waals surface area contributed by atoms with E-state index in [0.29, 0.717) is 12.5 Å². The molecule has 1 aliphatic heterocycles. The van der Waals surface area contributed by atoms with E-state index in [0.717, 1.165) is 12.1 Å². The van der Waals surface area contributed by atoms with E-state index in [1.165, 1.54) is 0 Å². The van der Waals surface area contributed by atoms with Crippen LogP contribution in [0.15, 0.2) is 29.3 Å². The fraction of sp³-hybridized carbons (Fsp3) is 0.417. The van der Waals surface area contributed by atoms with E-state index in [1.807, 2.05) is 12.1 Å². The predicted octanol–water partition coefficient (Wildman–Crippen LogP) is 1.26. The third kappa shape index (κ3) is 1.50. The maximum absolute atomic E-state index is 9.29. The molecule has 1 aromatic carbocycles. The fourth-order valence-electron chi connectivity index (χ4n) is 2.24. The standard InChI is InChI=1S/C12H17N3O/c1-3-15-11(13)14-8-12(15,2)9-4-6-10(16)7-5-9/h4-7,16H,3,8H2,1-2H3,(H2,13,14). The summed E-state index contributed by atoms with van der Waals surface area (Å²) in [6.45, 7) is 5.67. The van der Waals surface area contributed by atoms with Crippen LogP contribution in [0, 0.1) is 0 Å².